The molecule has 0 radical (unpaired) electrons. The third kappa shape index (κ3) is 5.48. The quantitative estimate of drug-likeness (QED) is 0.540. The highest BCUT2D eigenvalue weighted by Crippen LogP contribution is 2.33. The standard InChI is InChI=1S/C20H23F3N4OS/c1-3-26-9-11-27(12-10-26)18(28)14(2)29-19-24-16(15-7-5-4-6-8-15)13-17(25-19)20(21,22)23/h4-8,13-14H,3,9-12H2,1-2H3/t14-/m0/s1. The van der Waals surface area contributed by atoms with Gasteiger partial charge in [0.25, 0.3) is 0 Å². The molecule has 29 heavy (non-hydrogen) atoms. The third-order valence-electron chi connectivity index (χ3n) is 4.83. The Labute approximate surface area is 172 Å². The van der Waals surface area contributed by atoms with Gasteiger partial charge >= 0.3 is 6.18 Å². The van der Waals surface area contributed by atoms with Gasteiger partial charge in [-0.1, -0.05) is 49.0 Å². The minimum atomic E-state index is -4.59. The molecule has 1 fully saturated rings. The molecular formula is C20H23F3N4OS. The molecule has 1 aliphatic rings. The maximum Gasteiger partial charge on any atom is 0.433 e. The Morgan fingerprint density at radius 2 is 1.79 bits per heavy atom. The Balaban J connectivity index is 1.79. The Morgan fingerprint density at radius 3 is 2.38 bits per heavy atom. The van der Waals surface area contributed by atoms with Gasteiger partial charge in [0.2, 0.25) is 5.91 Å². The molecule has 2 heterocycles. The molecule has 1 saturated heterocycles. The summed E-state index contributed by atoms with van der Waals surface area (Å²) in [5.74, 6) is -0.104. The van der Waals surface area contributed by atoms with E-state index in [-0.39, 0.29) is 16.8 Å². The second-order valence-electron chi connectivity index (χ2n) is 6.80. The van der Waals surface area contributed by atoms with Crippen molar-refractivity contribution in [3.05, 3.63) is 42.1 Å². The predicted molar refractivity (Wildman–Crippen MR) is 106 cm³/mol. The van der Waals surface area contributed by atoms with E-state index in [1.807, 2.05) is 0 Å². The van der Waals surface area contributed by atoms with Crippen molar-refractivity contribution in [2.75, 3.05) is 32.7 Å². The minimum Gasteiger partial charge on any atom is -0.339 e. The summed E-state index contributed by atoms with van der Waals surface area (Å²) in [5, 5.41) is -0.623. The number of carbonyl (C=O) groups excluding carboxylic acids is 1. The van der Waals surface area contributed by atoms with Crippen molar-refractivity contribution >= 4 is 17.7 Å². The molecule has 1 aromatic carbocycles. The van der Waals surface area contributed by atoms with Crippen LogP contribution in [0.5, 0.6) is 0 Å². The van der Waals surface area contributed by atoms with Gasteiger partial charge in [0, 0.05) is 31.7 Å². The van der Waals surface area contributed by atoms with E-state index in [0.29, 0.717) is 18.7 Å². The van der Waals surface area contributed by atoms with E-state index < -0.39 is 17.1 Å². The van der Waals surface area contributed by atoms with Crippen LogP contribution in [0.15, 0.2) is 41.6 Å². The SMILES string of the molecule is CCN1CCN(C(=O)[C@H](C)Sc2nc(-c3ccccc3)cc(C(F)(F)F)n2)CC1. The van der Waals surface area contributed by atoms with Crippen LogP contribution >= 0.6 is 11.8 Å². The van der Waals surface area contributed by atoms with Gasteiger partial charge in [0.1, 0.15) is 5.69 Å². The topological polar surface area (TPSA) is 49.3 Å². The molecule has 0 aliphatic carbocycles. The highest BCUT2D eigenvalue weighted by atomic mass is 32.2. The Hall–Kier alpha value is -2.13. The Morgan fingerprint density at radius 1 is 1.14 bits per heavy atom. The summed E-state index contributed by atoms with van der Waals surface area (Å²) in [6, 6.07) is 9.58. The first-order valence-corrected chi connectivity index (χ1v) is 10.4. The summed E-state index contributed by atoms with van der Waals surface area (Å²) < 4.78 is 40.0. The van der Waals surface area contributed by atoms with Crippen LogP contribution in [-0.4, -0.2) is 63.6 Å². The summed E-state index contributed by atoms with van der Waals surface area (Å²) in [5.41, 5.74) is -0.256. The number of carbonyl (C=O) groups is 1. The number of amides is 1. The molecule has 156 valence electrons. The normalized spacial score (nSPS) is 16.7. The number of hydrogen-bond donors (Lipinski definition) is 0. The van der Waals surface area contributed by atoms with Gasteiger partial charge in [-0.25, -0.2) is 9.97 Å². The highest BCUT2D eigenvalue weighted by molar-refractivity contribution is 8.00. The molecule has 0 unspecified atom stereocenters. The number of hydrogen-bond acceptors (Lipinski definition) is 5. The molecule has 1 aliphatic heterocycles. The van der Waals surface area contributed by atoms with Gasteiger partial charge in [0.05, 0.1) is 10.9 Å². The minimum absolute atomic E-state index is 0.0493. The van der Waals surface area contributed by atoms with Crippen molar-refractivity contribution in [1.29, 1.82) is 0 Å². The fraction of sp³-hybridized carbons (Fsp3) is 0.450. The monoisotopic (exact) mass is 424 g/mol. The number of piperazine rings is 1. The van der Waals surface area contributed by atoms with Crippen LogP contribution in [0, 0.1) is 0 Å². The summed E-state index contributed by atoms with van der Waals surface area (Å²) >= 11 is 0.964. The number of rotatable bonds is 5. The number of likely N-dealkylation sites (N-methyl/N-ethyl adjacent to an activating group) is 1. The van der Waals surface area contributed by atoms with Gasteiger partial charge in [-0.05, 0) is 19.5 Å². The lowest BCUT2D eigenvalue weighted by Gasteiger charge is -2.35. The van der Waals surface area contributed by atoms with Gasteiger partial charge in [-0.15, -0.1) is 0 Å². The van der Waals surface area contributed by atoms with Crippen molar-refractivity contribution in [3.63, 3.8) is 0 Å². The van der Waals surface area contributed by atoms with E-state index in [1.165, 1.54) is 0 Å². The van der Waals surface area contributed by atoms with E-state index in [2.05, 4.69) is 21.8 Å². The second-order valence-corrected chi connectivity index (χ2v) is 8.11. The van der Waals surface area contributed by atoms with E-state index in [4.69, 9.17) is 0 Å². The molecular weight excluding hydrogens is 401 g/mol. The molecule has 2 aromatic rings. The number of alkyl halides is 3. The maximum atomic E-state index is 13.3. The third-order valence-corrected chi connectivity index (χ3v) is 5.78. The Bertz CT molecular complexity index is 839. The molecule has 9 heteroatoms. The molecule has 5 nitrogen and oxygen atoms in total. The van der Waals surface area contributed by atoms with Crippen LogP contribution < -0.4 is 0 Å². The van der Waals surface area contributed by atoms with E-state index >= 15 is 0 Å². The number of benzene rings is 1. The smallest absolute Gasteiger partial charge is 0.339 e. The molecule has 0 bridgehead atoms. The first-order chi connectivity index (χ1) is 13.8. The molecule has 1 atom stereocenters. The fourth-order valence-corrected chi connectivity index (χ4v) is 4.00. The first-order valence-electron chi connectivity index (χ1n) is 9.47. The van der Waals surface area contributed by atoms with Gasteiger partial charge in [0.15, 0.2) is 5.16 Å². The zero-order chi connectivity index (χ0) is 21.0. The predicted octanol–water partition coefficient (Wildman–Crippen LogP) is 3.81. The van der Waals surface area contributed by atoms with Crippen molar-refractivity contribution in [3.8, 4) is 11.3 Å². The van der Waals surface area contributed by atoms with Crippen LogP contribution in [0.25, 0.3) is 11.3 Å². The van der Waals surface area contributed by atoms with Crippen LogP contribution in [0.4, 0.5) is 13.2 Å². The van der Waals surface area contributed by atoms with Crippen LogP contribution in [0.2, 0.25) is 0 Å². The van der Waals surface area contributed by atoms with E-state index in [9.17, 15) is 18.0 Å². The van der Waals surface area contributed by atoms with Gasteiger partial charge < -0.3 is 9.80 Å². The van der Waals surface area contributed by atoms with Crippen LogP contribution in [-0.2, 0) is 11.0 Å². The van der Waals surface area contributed by atoms with Crippen LogP contribution in [0.3, 0.4) is 0 Å². The Kier molecular flexibility index (Phi) is 6.79. The second kappa shape index (κ2) is 9.13. The van der Waals surface area contributed by atoms with Crippen molar-refractivity contribution in [1.82, 2.24) is 19.8 Å². The molecule has 0 saturated carbocycles. The molecule has 0 spiro atoms. The highest BCUT2D eigenvalue weighted by Gasteiger charge is 2.34. The molecule has 1 aromatic heterocycles. The lowest BCUT2D eigenvalue weighted by Crippen LogP contribution is -2.50. The molecule has 3 rings (SSSR count). The number of nitrogens with zero attached hydrogens (tertiary/aromatic N) is 4. The van der Waals surface area contributed by atoms with Crippen molar-refractivity contribution < 1.29 is 18.0 Å². The van der Waals surface area contributed by atoms with Gasteiger partial charge in [-0.2, -0.15) is 13.2 Å². The van der Waals surface area contributed by atoms with Crippen molar-refractivity contribution in [2.24, 2.45) is 0 Å². The summed E-state index contributed by atoms with van der Waals surface area (Å²) in [4.78, 5) is 24.7. The first kappa shape index (κ1) is 21.6. The average Bonchev–Trinajstić information content (AvgIpc) is 2.73. The maximum absolute atomic E-state index is 13.3. The summed E-state index contributed by atoms with van der Waals surface area (Å²) in [7, 11) is 0. The summed E-state index contributed by atoms with van der Waals surface area (Å²) in [6.45, 7) is 7.55. The van der Waals surface area contributed by atoms with Crippen molar-refractivity contribution in [2.45, 2.75) is 30.4 Å². The van der Waals surface area contributed by atoms with Gasteiger partial charge in [-0.3, -0.25) is 4.79 Å². The van der Waals surface area contributed by atoms with Crippen LogP contribution in [0.1, 0.15) is 19.5 Å². The number of halogens is 3. The van der Waals surface area contributed by atoms with E-state index in [1.54, 1.807) is 42.2 Å². The lowest BCUT2D eigenvalue weighted by molar-refractivity contribution is -0.141. The summed E-state index contributed by atoms with van der Waals surface area (Å²) in [6.07, 6.45) is -4.59. The largest absolute Gasteiger partial charge is 0.433 e. The molecule has 0 N–H and O–H groups in total. The van der Waals surface area contributed by atoms with E-state index in [0.717, 1.165) is 37.5 Å². The average molecular weight is 424 g/mol. The zero-order valence-electron chi connectivity index (χ0n) is 16.3. The lowest BCUT2D eigenvalue weighted by atomic mass is 10.1. The number of thioether (sulfide) groups is 1. The molecule has 1 amide bonds. The fourth-order valence-electron chi connectivity index (χ4n) is 3.13. The number of aromatic nitrogens is 2. The zero-order valence-corrected chi connectivity index (χ0v) is 17.1.